The molecule has 0 aromatic heterocycles. The van der Waals surface area contributed by atoms with Crippen LogP contribution in [0.2, 0.25) is 0 Å². The van der Waals surface area contributed by atoms with Crippen molar-refractivity contribution in [3.05, 3.63) is 0 Å². The van der Waals surface area contributed by atoms with Crippen LogP contribution >= 0.6 is 23.5 Å². The van der Waals surface area contributed by atoms with Gasteiger partial charge in [0.15, 0.2) is 0 Å². The van der Waals surface area contributed by atoms with E-state index in [1.807, 2.05) is 11.8 Å². The molecule has 4 heteroatoms. The Balaban J connectivity index is 2.84. The van der Waals surface area contributed by atoms with Gasteiger partial charge in [-0.25, -0.2) is 0 Å². The smallest absolute Gasteiger partial charge is 0.304 e. The van der Waals surface area contributed by atoms with Gasteiger partial charge in [-0.15, -0.1) is 0 Å². The summed E-state index contributed by atoms with van der Waals surface area (Å²) in [4.78, 5) is 10.0. The van der Waals surface area contributed by atoms with Gasteiger partial charge in [-0.1, -0.05) is 6.92 Å². The Bertz CT molecular complexity index is 95.7. The van der Waals surface area contributed by atoms with E-state index in [4.69, 9.17) is 5.11 Å². The molecule has 0 aromatic rings. The predicted octanol–water partition coefficient (Wildman–Crippen LogP) is 1.90. The SMILES string of the molecule is CCSCSCCC(=O)O. The first-order chi connectivity index (χ1) is 4.77. The summed E-state index contributed by atoms with van der Waals surface area (Å²) in [5.74, 6) is 1.15. The van der Waals surface area contributed by atoms with Gasteiger partial charge in [-0.2, -0.15) is 23.5 Å². The highest BCUT2D eigenvalue weighted by Crippen LogP contribution is 2.11. The Labute approximate surface area is 69.8 Å². The summed E-state index contributed by atoms with van der Waals surface area (Å²) in [6.07, 6.45) is 0.287. The molecule has 0 radical (unpaired) electrons. The van der Waals surface area contributed by atoms with E-state index >= 15 is 0 Å². The van der Waals surface area contributed by atoms with E-state index in [2.05, 4.69) is 6.92 Å². The van der Waals surface area contributed by atoms with E-state index < -0.39 is 5.97 Å². The zero-order chi connectivity index (χ0) is 7.82. The highest BCUT2D eigenvalue weighted by Gasteiger charge is 1.95. The number of thioether (sulfide) groups is 2. The Hall–Kier alpha value is 0.170. The summed E-state index contributed by atoms with van der Waals surface area (Å²) in [5.41, 5.74) is 0. The molecule has 0 aliphatic heterocycles. The number of aliphatic carboxylic acids is 1. The molecular formula is C6H12O2S2. The molecule has 0 aliphatic carbocycles. The summed E-state index contributed by atoms with van der Waals surface area (Å²) >= 11 is 3.52. The average Bonchev–Trinajstić information content (AvgIpc) is 1.87. The zero-order valence-corrected chi connectivity index (χ0v) is 7.63. The van der Waals surface area contributed by atoms with Crippen molar-refractivity contribution in [2.45, 2.75) is 13.3 Å². The van der Waals surface area contributed by atoms with E-state index in [9.17, 15) is 4.79 Å². The molecule has 0 aliphatic rings. The summed E-state index contributed by atoms with van der Waals surface area (Å²) in [7, 11) is 0. The molecule has 60 valence electrons. The van der Waals surface area contributed by atoms with Crippen LogP contribution in [-0.4, -0.2) is 27.7 Å². The molecular weight excluding hydrogens is 168 g/mol. The third-order valence-electron chi connectivity index (χ3n) is 0.831. The van der Waals surface area contributed by atoms with Gasteiger partial charge < -0.3 is 5.11 Å². The summed E-state index contributed by atoms with van der Waals surface area (Å²) in [6, 6.07) is 0. The zero-order valence-electron chi connectivity index (χ0n) is 6.00. The van der Waals surface area contributed by atoms with E-state index in [0.29, 0.717) is 0 Å². The van der Waals surface area contributed by atoms with Crippen molar-refractivity contribution in [2.75, 3.05) is 16.6 Å². The minimum absolute atomic E-state index is 0.287. The number of hydrogen-bond acceptors (Lipinski definition) is 3. The second kappa shape index (κ2) is 7.28. The number of hydrogen-bond donors (Lipinski definition) is 1. The number of carboxylic acids is 1. The lowest BCUT2D eigenvalue weighted by atomic mass is 10.5. The molecule has 0 fully saturated rings. The molecule has 0 saturated carbocycles. The topological polar surface area (TPSA) is 37.3 Å². The van der Waals surface area contributed by atoms with Crippen LogP contribution in [-0.2, 0) is 4.79 Å². The third-order valence-corrected chi connectivity index (χ3v) is 3.07. The highest BCUT2D eigenvalue weighted by molar-refractivity contribution is 8.15. The molecule has 0 rings (SSSR count). The van der Waals surface area contributed by atoms with Crippen LogP contribution in [0.15, 0.2) is 0 Å². The molecule has 1 N–H and O–H groups in total. The average molecular weight is 180 g/mol. The fourth-order valence-corrected chi connectivity index (χ4v) is 2.29. The van der Waals surface area contributed by atoms with Crippen molar-refractivity contribution in [3.63, 3.8) is 0 Å². The van der Waals surface area contributed by atoms with Crippen molar-refractivity contribution in [2.24, 2.45) is 0 Å². The highest BCUT2D eigenvalue weighted by atomic mass is 32.2. The number of carbonyl (C=O) groups is 1. The van der Waals surface area contributed by atoms with Gasteiger partial charge in [0.25, 0.3) is 0 Å². The second-order valence-electron chi connectivity index (χ2n) is 1.66. The van der Waals surface area contributed by atoms with Gasteiger partial charge in [0.05, 0.1) is 6.42 Å². The maximum absolute atomic E-state index is 10.0. The van der Waals surface area contributed by atoms with Crippen molar-refractivity contribution in [1.82, 2.24) is 0 Å². The third kappa shape index (κ3) is 8.17. The quantitative estimate of drug-likeness (QED) is 0.500. The molecule has 0 spiro atoms. The lowest BCUT2D eigenvalue weighted by molar-refractivity contribution is -0.136. The minimum atomic E-state index is -0.700. The van der Waals surface area contributed by atoms with E-state index in [1.54, 1.807) is 11.8 Å². The van der Waals surface area contributed by atoms with Crippen molar-refractivity contribution in [1.29, 1.82) is 0 Å². The Kier molecular flexibility index (Phi) is 7.40. The molecule has 0 aromatic carbocycles. The normalized spacial score (nSPS) is 9.70. The van der Waals surface area contributed by atoms with Gasteiger partial charge in [0, 0.05) is 10.8 Å². The standard InChI is InChI=1S/C6H12O2S2/c1-2-9-5-10-4-3-6(7)8/h2-5H2,1H3,(H,7,8). The predicted molar refractivity (Wildman–Crippen MR) is 47.7 cm³/mol. The monoisotopic (exact) mass is 180 g/mol. The van der Waals surface area contributed by atoms with Crippen LogP contribution < -0.4 is 0 Å². The first-order valence-corrected chi connectivity index (χ1v) is 5.45. The first-order valence-electron chi connectivity index (χ1n) is 3.14. The maximum Gasteiger partial charge on any atom is 0.304 e. The van der Waals surface area contributed by atoms with Gasteiger partial charge in [0.1, 0.15) is 0 Å². The molecule has 0 heterocycles. The van der Waals surface area contributed by atoms with Gasteiger partial charge in [-0.3, -0.25) is 4.79 Å². The fourth-order valence-electron chi connectivity index (χ4n) is 0.361. The molecule has 0 unspecified atom stereocenters. The van der Waals surface area contributed by atoms with Crippen LogP contribution in [0, 0.1) is 0 Å². The fraction of sp³-hybridized carbons (Fsp3) is 0.833. The van der Waals surface area contributed by atoms with Crippen LogP contribution in [0.5, 0.6) is 0 Å². The molecule has 0 atom stereocenters. The minimum Gasteiger partial charge on any atom is -0.481 e. The Morgan fingerprint density at radius 2 is 2.20 bits per heavy atom. The summed E-state index contributed by atoms with van der Waals surface area (Å²) < 4.78 is 0. The van der Waals surface area contributed by atoms with Crippen LogP contribution in [0.25, 0.3) is 0 Å². The summed E-state index contributed by atoms with van der Waals surface area (Å²) in [5, 5.41) is 9.27. The van der Waals surface area contributed by atoms with Crippen molar-refractivity contribution < 1.29 is 9.90 Å². The molecule has 0 amide bonds. The van der Waals surface area contributed by atoms with Gasteiger partial charge in [0.2, 0.25) is 0 Å². The molecule has 10 heavy (non-hydrogen) atoms. The van der Waals surface area contributed by atoms with Crippen LogP contribution in [0.4, 0.5) is 0 Å². The van der Waals surface area contributed by atoms with E-state index in [0.717, 1.165) is 16.6 Å². The Morgan fingerprint density at radius 1 is 1.50 bits per heavy atom. The van der Waals surface area contributed by atoms with E-state index in [-0.39, 0.29) is 6.42 Å². The molecule has 0 saturated heterocycles. The van der Waals surface area contributed by atoms with E-state index in [1.165, 1.54) is 0 Å². The van der Waals surface area contributed by atoms with Crippen molar-refractivity contribution in [3.8, 4) is 0 Å². The van der Waals surface area contributed by atoms with Crippen LogP contribution in [0.1, 0.15) is 13.3 Å². The maximum atomic E-state index is 10.0. The van der Waals surface area contributed by atoms with Crippen molar-refractivity contribution >= 4 is 29.5 Å². The second-order valence-corrected chi connectivity index (χ2v) is 4.41. The lowest BCUT2D eigenvalue weighted by Crippen LogP contribution is -1.95. The number of rotatable bonds is 6. The largest absolute Gasteiger partial charge is 0.481 e. The lowest BCUT2D eigenvalue weighted by Gasteiger charge is -1.95. The van der Waals surface area contributed by atoms with Gasteiger partial charge in [-0.05, 0) is 5.75 Å². The van der Waals surface area contributed by atoms with Crippen LogP contribution in [0.3, 0.4) is 0 Å². The molecule has 0 bridgehead atoms. The molecule has 2 nitrogen and oxygen atoms in total. The number of carboxylic acid groups (broad SMARTS) is 1. The Morgan fingerprint density at radius 3 is 2.70 bits per heavy atom. The summed E-state index contributed by atoms with van der Waals surface area (Å²) in [6.45, 7) is 2.10. The van der Waals surface area contributed by atoms with Gasteiger partial charge >= 0.3 is 5.97 Å². The first kappa shape index (κ1) is 10.2.